The molecule has 408 valence electrons. The van der Waals surface area contributed by atoms with Gasteiger partial charge in [-0.1, -0.05) is 218 Å². The van der Waals surface area contributed by atoms with Crippen LogP contribution in [-0.4, -0.2) is 44.4 Å². The van der Waals surface area contributed by atoms with Gasteiger partial charge in [0.25, 0.3) is 0 Å². The highest BCUT2D eigenvalue weighted by Crippen LogP contribution is 2.40. The molecule has 0 fully saturated rings. The molecule has 87 heavy (non-hydrogen) atoms. The van der Waals surface area contributed by atoms with Crippen molar-refractivity contribution in [3.8, 4) is 62.1 Å². The SMILES string of the molecule is Brc1nc(-c2cccc3ccccc23)c2ccc3ccc(-c4ccccc4)nc3c2n1.c1ccc(-c2ccc3ccc4c(-c5cccc6ccccc56)nc(-n5c6ccccc6c6cccnc65)nc4c3n2)cc1.c1ccc2c(c1)Cc1ncccc1-2. The van der Waals surface area contributed by atoms with E-state index in [9.17, 15) is 0 Å². The number of nitrogens with zero attached hydrogens (tertiary/aromatic N) is 9. The maximum atomic E-state index is 5.34. The van der Waals surface area contributed by atoms with Crippen LogP contribution < -0.4 is 0 Å². The Kier molecular flexibility index (Phi) is 12.9. The van der Waals surface area contributed by atoms with Gasteiger partial charge < -0.3 is 0 Å². The molecule has 1 aliphatic carbocycles. The van der Waals surface area contributed by atoms with Crippen molar-refractivity contribution in [1.29, 1.82) is 0 Å². The number of hydrogen-bond acceptors (Lipinski definition) is 8. The van der Waals surface area contributed by atoms with E-state index < -0.39 is 0 Å². The quantitative estimate of drug-likeness (QED) is 0.124. The van der Waals surface area contributed by atoms with Crippen LogP contribution in [0.5, 0.6) is 0 Å². The third kappa shape index (κ3) is 9.27. The van der Waals surface area contributed by atoms with Gasteiger partial charge in [0.05, 0.1) is 45.0 Å². The van der Waals surface area contributed by atoms with Gasteiger partial charge in [0.1, 0.15) is 16.7 Å². The van der Waals surface area contributed by atoms with E-state index in [2.05, 4.69) is 238 Å². The van der Waals surface area contributed by atoms with Gasteiger partial charge >= 0.3 is 0 Å². The zero-order chi connectivity index (χ0) is 57.8. The summed E-state index contributed by atoms with van der Waals surface area (Å²) >= 11 is 3.54. The second kappa shape index (κ2) is 21.8. The van der Waals surface area contributed by atoms with Crippen molar-refractivity contribution in [1.82, 2.24) is 44.4 Å². The summed E-state index contributed by atoms with van der Waals surface area (Å²) in [6.07, 6.45) is 4.69. The summed E-state index contributed by atoms with van der Waals surface area (Å²) in [5.41, 5.74) is 18.4. The fourth-order valence-electron chi connectivity index (χ4n) is 12.4. The molecule has 1 aliphatic rings. The molecule has 7 heterocycles. The van der Waals surface area contributed by atoms with Crippen LogP contribution in [0, 0.1) is 0 Å². The molecule has 10 heteroatoms. The van der Waals surface area contributed by atoms with Crippen LogP contribution in [0.2, 0.25) is 0 Å². The molecule has 0 aliphatic heterocycles. The minimum atomic E-state index is 0.558. The first-order chi connectivity index (χ1) is 43.1. The van der Waals surface area contributed by atoms with Crippen LogP contribution in [0.25, 0.3) is 149 Å². The van der Waals surface area contributed by atoms with E-state index in [-0.39, 0.29) is 0 Å². The Morgan fingerprint density at radius 2 is 0.805 bits per heavy atom. The average molecular weight is 1180 g/mol. The molecule has 9 nitrogen and oxygen atoms in total. The molecule has 0 bridgehead atoms. The van der Waals surface area contributed by atoms with Crippen LogP contribution >= 0.6 is 15.9 Å². The Hall–Kier alpha value is -11.2. The van der Waals surface area contributed by atoms with Crippen molar-refractivity contribution >= 4 is 103 Å². The van der Waals surface area contributed by atoms with Gasteiger partial charge in [0.2, 0.25) is 5.95 Å². The van der Waals surface area contributed by atoms with E-state index in [4.69, 9.17) is 34.9 Å². The average Bonchev–Trinajstić information content (AvgIpc) is 2.23. The molecule has 0 amide bonds. The van der Waals surface area contributed by atoms with Crippen LogP contribution in [0.1, 0.15) is 11.3 Å². The van der Waals surface area contributed by atoms with Crippen molar-refractivity contribution < 1.29 is 0 Å². The summed E-state index contributed by atoms with van der Waals surface area (Å²) in [6.45, 7) is 0. The lowest BCUT2D eigenvalue weighted by Crippen LogP contribution is -2.05. The van der Waals surface area contributed by atoms with Gasteiger partial charge in [-0.2, -0.15) is 0 Å². The van der Waals surface area contributed by atoms with Crippen molar-refractivity contribution in [2.24, 2.45) is 0 Å². The molecular weight excluding hydrogens is 1130 g/mol. The Morgan fingerprint density at radius 1 is 0.310 bits per heavy atom. The molecule has 0 N–H and O–H groups in total. The number of para-hydroxylation sites is 1. The van der Waals surface area contributed by atoms with Crippen LogP contribution in [0.4, 0.5) is 0 Å². The summed E-state index contributed by atoms with van der Waals surface area (Å²) in [6, 6.07) is 92.0. The number of rotatable bonds is 5. The number of hydrogen-bond donors (Lipinski definition) is 0. The summed E-state index contributed by atoms with van der Waals surface area (Å²) in [7, 11) is 0. The first-order valence-corrected chi connectivity index (χ1v) is 29.7. The predicted molar refractivity (Wildman–Crippen MR) is 359 cm³/mol. The fourth-order valence-corrected chi connectivity index (χ4v) is 12.7. The normalized spacial score (nSPS) is 11.7. The molecule has 0 saturated heterocycles. The molecule has 0 radical (unpaired) electrons. The molecule has 7 aromatic heterocycles. The van der Waals surface area contributed by atoms with Crippen molar-refractivity contribution in [2.45, 2.75) is 6.42 Å². The fraction of sp³-hybridized carbons (Fsp3) is 0.0130. The van der Waals surface area contributed by atoms with Crippen LogP contribution in [-0.2, 0) is 6.42 Å². The smallest absolute Gasteiger partial charge is 0.237 e. The molecule has 10 aromatic carbocycles. The van der Waals surface area contributed by atoms with Crippen molar-refractivity contribution in [3.05, 3.63) is 295 Å². The lowest BCUT2D eigenvalue weighted by Gasteiger charge is -2.14. The summed E-state index contributed by atoms with van der Waals surface area (Å²) in [5, 5.41) is 10.9. The van der Waals surface area contributed by atoms with E-state index in [1.807, 2.05) is 67.0 Å². The van der Waals surface area contributed by atoms with Gasteiger partial charge in [-0.05, 0) is 97.1 Å². The summed E-state index contributed by atoms with van der Waals surface area (Å²) in [5.74, 6) is 0.569. The maximum absolute atomic E-state index is 5.34. The number of fused-ring (bicyclic) bond motifs is 14. The Morgan fingerprint density at radius 3 is 1.47 bits per heavy atom. The summed E-state index contributed by atoms with van der Waals surface area (Å²) in [4.78, 5) is 39.6. The Balaban J connectivity index is 0.000000120. The van der Waals surface area contributed by atoms with Gasteiger partial charge in [0.15, 0.2) is 4.73 Å². The second-order valence-corrected chi connectivity index (χ2v) is 22.2. The molecule has 0 saturated carbocycles. The Labute approximate surface area is 508 Å². The number of pyridine rings is 4. The predicted octanol–water partition coefficient (Wildman–Crippen LogP) is 19.2. The second-order valence-electron chi connectivity index (χ2n) is 21.5. The summed E-state index contributed by atoms with van der Waals surface area (Å²) < 4.78 is 2.64. The maximum Gasteiger partial charge on any atom is 0.237 e. The Bertz CT molecular complexity index is 5430. The largest absolute Gasteiger partial charge is 0.262 e. The molecule has 18 rings (SSSR count). The highest BCUT2D eigenvalue weighted by Gasteiger charge is 2.22. The number of benzene rings is 10. The lowest BCUT2D eigenvalue weighted by atomic mass is 9.98. The van der Waals surface area contributed by atoms with Gasteiger partial charge in [0, 0.05) is 78.9 Å². The molecule has 0 unspecified atom stereocenters. The zero-order valence-electron chi connectivity index (χ0n) is 46.7. The van der Waals surface area contributed by atoms with Crippen molar-refractivity contribution in [3.63, 3.8) is 0 Å². The molecule has 17 aromatic rings. The number of halogens is 1. The van der Waals surface area contributed by atoms with Crippen LogP contribution in [0.3, 0.4) is 0 Å². The highest BCUT2D eigenvalue weighted by molar-refractivity contribution is 9.10. The molecule has 0 atom stereocenters. The van der Waals surface area contributed by atoms with Crippen molar-refractivity contribution in [2.75, 3.05) is 0 Å². The number of aromatic nitrogens is 9. The van der Waals surface area contributed by atoms with Gasteiger partial charge in [-0.25, -0.2) is 34.9 Å². The zero-order valence-corrected chi connectivity index (χ0v) is 48.3. The first-order valence-electron chi connectivity index (χ1n) is 28.9. The van der Waals surface area contributed by atoms with Gasteiger partial charge in [-0.3, -0.25) is 9.55 Å². The van der Waals surface area contributed by atoms with E-state index in [1.165, 1.54) is 33.2 Å². The third-order valence-electron chi connectivity index (χ3n) is 16.4. The lowest BCUT2D eigenvalue weighted by molar-refractivity contribution is 0.999. The van der Waals surface area contributed by atoms with Gasteiger partial charge in [-0.15, -0.1) is 0 Å². The van der Waals surface area contributed by atoms with Crippen LogP contribution in [0.15, 0.2) is 284 Å². The van der Waals surface area contributed by atoms with E-state index >= 15 is 0 Å². The molecule has 0 spiro atoms. The molecular formula is C77H48BrN9. The monoisotopic (exact) mass is 1180 g/mol. The topological polar surface area (TPSA) is 108 Å². The first kappa shape index (κ1) is 51.4. The van der Waals surface area contributed by atoms with E-state index in [0.29, 0.717) is 10.7 Å². The minimum absolute atomic E-state index is 0.558. The third-order valence-corrected chi connectivity index (χ3v) is 16.8. The van der Waals surface area contributed by atoms with E-state index in [0.717, 1.165) is 128 Å². The highest BCUT2D eigenvalue weighted by atomic mass is 79.9. The van der Waals surface area contributed by atoms with E-state index in [1.54, 1.807) is 0 Å². The standard InChI is InChI=1S/C38H23N5.C27H16BrN3.C12H9N/c1-2-11-25(12-3-1)32-22-20-26-19-21-31-35(29-16-8-13-24-10-4-5-14-27(24)29)41-38(42-36(31)34(26)40-32)43-33-18-7-6-15-28(33)30-17-9-23-39-37(30)43;28-27-30-25(21-12-6-10-17-7-4-5-11-20(17)21)22-15-13-19-14-16-23(18-8-2-1-3-9-18)29-24(19)26(22)31-27;1-2-5-10-9(4-1)8-12-11(10)6-3-7-13-12/h1-23H;1-16H;1-7H,8H2. The minimum Gasteiger partial charge on any atom is -0.262 e.